The maximum atomic E-state index is 12.9. The number of fused-ring (bicyclic) bond motifs is 2. The van der Waals surface area contributed by atoms with Gasteiger partial charge < -0.3 is 14.5 Å². The zero-order valence-corrected chi connectivity index (χ0v) is 13.6. The molecule has 5 heteroatoms. The molecular formula is C18H25N3O2. The molecule has 124 valence electrons. The van der Waals surface area contributed by atoms with Gasteiger partial charge in [-0.15, -0.1) is 0 Å². The minimum absolute atomic E-state index is 0.188. The number of hydrogen-bond acceptors (Lipinski definition) is 3. The first-order valence-corrected chi connectivity index (χ1v) is 8.96. The van der Waals surface area contributed by atoms with E-state index in [2.05, 4.69) is 14.8 Å². The molecule has 4 heterocycles. The molecule has 0 spiro atoms. The first-order valence-electron chi connectivity index (χ1n) is 8.96. The second-order valence-electron chi connectivity index (χ2n) is 7.00. The van der Waals surface area contributed by atoms with Crippen LogP contribution in [0.5, 0.6) is 5.88 Å². The smallest absolute Gasteiger partial charge is 0.320 e. The molecule has 2 amide bonds. The number of urea groups is 1. The third-order valence-electron chi connectivity index (χ3n) is 5.46. The lowest BCUT2D eigenvalue weighted by Gasteiger charge is -2.42. The number of pyridine rings is 1. The van der Waals surface area contributed by atoms with Gasteiger partial charge in [-0.3, -0.25) is 0 Å². The fourth-order valence-corrected chi connectivity index (χ4v) is 4.37. The van der Waals surface area contributed by atoms with Gasteiger partial charge in [0.2, 0.25) is 5.88 Å². The SMILES string of the molecule is O=C(N1CCCCC1)N1C2CCC1CC(Oc1ccccn1)C2. The summed E-state index contributed by atoms with van der Waals surface area (Å²) in [7, 11) is 0. The van der Waals surface area contributed by atoms with Crippen LogP contribution >= 0.6 is 0 Å². The molecule has 2 atom stereocenters. The van der Waals surface area contributed by atoms with Gasteiger partial charge in [0.05, 0.1) is 0 Å². The van der Waals surface area contributed by atoms with E-state index in [1.807, 2.05) is 18.2 Å². The normalized spacial score (nSPS) is 30.3. The number of amides is 2. The first-order chi connectivity index (χ1) is 11.3. The molecular weight excluding hydrogens is 290 g/mol. The molecule has 0 aliphatic carbocycles. The van der Waals surface area contributed by atoms with Crippen LogP contribution in [0.15, 0.2) is 24.4 Å². The quantitative estimate of drug-likeness (QED) is 0.842. The monoisotopic (exact) mass is 315 g/mol. The number of likely N-dealkylation sites (tertiary alicyclic amines) is 1. The largest absolute Gasteiger partial charge is 0.474 e. The number of aromatic nitrogens is 1. The van der Waals surface area contributed by atoms with E-state index in [9.17, 15) is 4.79 Å². The average molecular weight is 315 g/mol. The van der Waals surface area contributed by atoms with Crippen LogP contribution in [0.25, 0.3) is 0 Å². The van der Waals surface area contributed by atoms with E-state index >= 15 is 0 Å². The van der Waals surface area contributed by atoms with Crippen molar-refractivity contribution in [1.82, 2.24) is 14.8 Å². The van der Waals surface area contributed by atoms with Gasteiger partial charge in [-0.2, -0.15) is 0 Å². The minimum atomic E-state index is 0.188. The molecule has 0 aromatic carbocycles. The maximum Gasteiger partial charge on any atom is 0.320 e. The summed E-state index contributed by atoms with van der Waals surface area (Å²) in [5.74, 6) is 0.702. The topological polar surface area (TPSA) is 45.7 Å². The lowest BCUT2D eigenvalue weighted by atomic mass is 10.00. The van der Waals surface area contributed by atoms with Gasteiger partial charge in [-0.1, -0.05) is 6.07 Å². The standard InChI is InChI=1S/C18H25N3O2/c22-18(20-10-4-1-5-11-20)21-14-7-8-15(21)13-16(12-14)23-17-6-2-3-9-19-17/h2-3,6,9,14-16H,1,4-5,7-8,10-13H2. The number of piperidine rings is 2. The highest BCUT2D eigenvalue weighted by Gasteiger charge is 2.45. The Morgan fingerprint density at radius 3 is 2.48 bits per heavy atom. The Hall–Kier alpha value is -1.78. The number of rotatable bonds is 2. The Kier molecular flexibility index (Phi) is 4.10. The van der Waals surface area contributed by atoms with E-state index < -0.39 is 0 Å². The summed E-state index contributed by atoms with van der Waals surface area (Å²) in [5.41, 5.74) is 0. The number of ether oxygens (including phenoxy) is 1. The Morgan fingerprint density at radius 2 is 1.83 bits per heavy atom. The average Bonchev–Trinajstić information content (AvgIpc) is 2.87. The summed E-state index contributed by atoms with van der Waals surface area (Å²) in [6, 6.07) is 6.72. The lowest BCUT2D eigenvalue weighted by Crippen LogP contribution is -2.54. The number of carbonyl (C=O) groups excluding carboxylic acids is 1. The van der Waals surface area contributed by atoms with Gasteiger partial charge in [-0.05, 0) is 38.2 Å². The summed E-state index contributed by atoms with van der Waals surface area (Å²) in [4.78, 5) is 21.4. The molecule has 0 saturated carbocycles. The fourth-order valence-electron chi connectivity index (χ4n) is 4.37. The zero-order valence-electron chi connectivity index (χ0n) is 13.6. The van der Waals surface area contributed by atoms with Crippen LogP contribution in [0.1, 0.15) is 44.9 Å². The first kappa shape index (κ1) is 14.8. The maximum absolute atomic E-state index is 12.9. The van der Waals surface area contributed by atoms with Crippen molar-refractivity contribution >= 4 is 6.03 Å². The predicted molar refractivity (Wildman–Crippen MR) is 87.4 cm³/mol. The second-order valence-corrected chi connectivity index (χ2v) is 7.00. The number of hydrogen-bond donors (Lipinski definition) is 0. The highest BCUT2D eigenvalue weighted by atomic mass is 16.5. The summed E-state index contributed by atoms with van der Waals surface area (Å²) >= 11 is 0. The van der Waals surface area contributed by atoms with Crippen LogP contribution in [0.2, 0.25) is 0 Å². The van der Waals surface area contributed by atoms with Gasteiger partial charge in [-0.25, -0.2) is 9.78 Å². The van der Waals surface area contributed by atoms with E-state index in [1.54, 1.807) is 6.20 Å². The van der Waals surface area contributed by atoms with Gasteiger partial charge in [0, 0.05) is 50.3 Å². The molecule has 1 aromatic heterocycles. The van der Waals surface area contributed by atoms with E-state index in [0.717, 1.165) is 51.6 Å². The Balaban J connectivity index is 1.40. The lowest BCUT2D eigenvalue weighted by molar-refractivity contribution is 0.0505. The molecule has 3 saturated heterocycles. The van der Waals surface area contributed by atoms with Crippen molar-refractivity contribution in [3.05, 3.63) is 24.4 Å². The van der Waals surface area contributed by atoms with Crippen molar-refractivity contribution in [3.63, 3.8) is 0 Å². The van der Waals surface area contributed by atoms with E-state index in [4.69, 9.17) is 4.74 Å². The van der Waals surface area contributed by atoms with Gasteiger partial charge in [0.15, 0.2) is 0 Å². The van der Waals surface area contributed by atoms with Crippen molar-refractivity contribution in [2.45, 2.75) is 63.1 Å². The molecule has 2 bridgehead atoms. The van der Waals surface area contributed by atoms with Crippen molar-refractivity contribution in [2.75, 3.05) is 13.1 Å². The second kappa shape index (κ2) is 6.38. The molecule has 4 rings (SSSR count). The summed E-state index contributed by atoms with van der Waals surface area (Å²) in [5, 5.41) is 0. The van der Waals surface area contributed by atoms with E-state index in [1.165, 1.54) is 6.42 Å². The fraction of sp³-hybridized carbons (Fsp3) is 0.667. The summed E-state index contributed by atoms with van der Waals surface area (Å²) in [6.07, 6.45) is 9.63. The molecule has 3 aliphatic heterocycles. The van der Waals surface area contributed by atoms with E-state index in [-0.39, 0.29) is 12.1 Å². The summed E-state index contributed by atoms with van der Waals surface area (Å²) < 4.78 is 6.05. The highest BCUT2D eigenvalue weighted by Crippen LogP contribution is 2.38. The van der Waals surface area contributed by atoms with Crippen LogP contribution in [-0.2, 0) is 0 Å². The molecule has 0 radical (unpaired) electrons. The van der Waals surface area contributed by atoms with Crippen molar-refractivity contribution in [1.29, 1.82) is 0 Å². The molecule has 3 fully saturated rings. The minimum Gasteiger partial charge on any atom is -0.474 e. The van der Waals surface area contributed by atoms with Crippen LogP contribution in [0, 0.1) is 0 Å². The molecule has 0 N–H and O–H groups in total. The Morgan fingerprint density at radius 1 is 1.09 bits per heavy atom. The van der Waals surface area contributed by atoms with Gasteiger partial charge >= 0.3 is 6.03 Å². The molecule has 5 nitrogen and oxygen atoms in total. The zero-order chi connectivity index (χ0) is 15.6. The molecule has 3 aliphatic rings. The van der Waals surface area contributed by atoms with E-state index in [0.29, 0.717) is 18.0 Å². The third kappa shape index (κ3) is 3.01. The number of nitrogens with zero attached hydrogens (tertiary/aromatic N) is 3. The Bertz CT molecular complexity index is 530. The van der Waals surface area contributed by atoms with Crippen molar-refractivity contribution in [3.8, 4) is 5.88 Å². The van der Waals surface area contributed by atoms with Crippen LogP contribution in [0.4, 0.5) is 4.79 Å². The Labute approximate surface area is 137 Å². The molecule has 1 aromatic rings. The number of carbonyl (C=O) groups is 1. The van der Waals surface area contributed by atoms with Crippen molar-refractivity contribution < 1.29 is 9.53 Å². The van der Waals surface area contributed by atoms with Gasteiger partial charge in [0.1, 0.15) is 6.10 Å². The third-order valence-corrected chi connectivity index (χ3v) is 5.46. The molecule has 23 heavy (non-hydrogen) atoms. The highest BCUT2D eigenvalue weighted by molar-refractivity contribution is 5.76. The molecule has 2 unspecified atom stereocenters. The van der Waals surface area contributed by atoms with Gasteiger partial charge in [0.25, 0.3) is 0 Å². The van der Waals surface area contributed by atoms with Crippen LogP contribution in [0.3, 0.4) is 0 Å². The summed E-state index contributed by atoms with van der Waals surface area (Å²) in [6.45, 7) is 1.87. The van der Waals surface area contributed by atoms with Crippen LogP contribution in [-0.4, -0.2) is 52.1 Å². The van der Waals surface area contributed by atoms with Crippen LogP contribution < -0.4 is 4.74 Å². The predicted octanol–water partition coefficient (Wildman–Crippen LogP) is 3.06. The van der Waals surface area contributed by atoms with Crippen molar-refractivity contribution in [2.24, 2.45) is 0 Å².